The number of nitrogens with two attached hydrogens (primary N) is 1. The molecule has 0 saturated heterocycles. The van der Waals surface area contributed by atoms with E-state index in [0.717, 1.165) is 0 Å². The second-order valence-electron chi connectivity index (χ2n) is 4.03. The first-order valence-corrected chi connectivity index (χ1v) is 5.88. The molecule has 0 bridgehead atoms. The molecule has 0 radical (unpaired) electrons. The van der Waals surface area contributed by atoms with Crippen molar-refractivity contribution in [2.45, 2.75) is 6.92 Å². The summed E-state index contributed by atoms with van der Waals surface area (Å²) in [6.45, 7) is 2.02. The monoisotopic (exact) mass is 268 g/mol. The molecule has 0 saturated carbocycles. The average Bonchev–Trinajstić information content (AvgIpc) is 2.45. The summed E-state index contributed by atoms with van der Waals surface area (Å²) in [6.07, 6.45) is 0. The van der Waals surface area contributed by atoms with Crippen molar-refractivity contribution in [3.05, 3.63) is 12.1 Å². The number of carbonyl (C=O) groups is 1. The fourth-order valence-corrected chi connectivity index (χ4v) is 1.48. The van der Waals surface area contributed by atoms with Crippen molar-refractivity contribution in [1.29, 1.82) is 0 Å². The number of benzene rings is 1. The second kappa shape index (κ2) is 6.84. The number of hydrogen-bond donors (Lipinski definition) is 2. The molecular weight excluding hydrogens is 248 g/mol. The Hall–Kier alpha value is -1.95. The molecule has 106 valence electrons. The van der Waals surface area contributed by atoms with E-state index in [1.807, 2.05) is 0 Å². The summed E-state index contributed by atoms with van der Waals surface area (Å²) in [4.78, 5) is 11.9. The number of carbonyl (C=O) groups excluding carboxylic acids is 1. The van der Waals surface area contributed by atoms with Gasteiger partial charge in [-0.3, -0.25) is 4.79 Å². The van der Waals surface area contributed by atoms with Crippen LogP contribution in [0.25, 0.3) is 0 Å². The summed E-state index contributed by atoms with van der Waals surface area (Å²) in [5.41, 5.74) is 5.94. The molecule has 0 aliphatic carbocycles. The molecule has 0 aliphatic heterocycles. The molecule has 1 aromatic carbocycles. The minimum Gasteiger partial charge on any atom is -0.496 e. The Labute approximate surface area is 112 Å². The molecule has 6 heteroatoms. The highest BCUT2D eigenvalue weighted by molar-refractivity contribution is 5.95. The minimum atomic E-state index is -0.295. The molecule has 19 heavy (non-hydrogen) atoms. The molecule has 1 atom stereocenters. The molecule has 3 N–H and O–H groups in total. The first kappa shape index (κ1) is 15.1. The number of methoxy groups -OCH3 is 3. The lowest BCUT2D eigenvalue weighted by molar-refractivity contribution is -0.119. The van der Waals surface area contributed by atoms with Crippen LogP contribution in [0.4, 0.5) is 5.69 Å². The third-order valence-corrected chi connectivity index (χ3v) is 2.76. The van der Waals surface area contributed by atoms with Gasteiger partial charge in [-0.05, 0) is 0 Å². The first-order chi connectivity index (χ1) is 9.07. The highest BCUT2D eigenvalue weighted by Crippen LogP contribution is 2.39. The predicted octanol–water partition coefficient (Wildman–Crippen LogP) is 1.25. The van der Waals surface area contributed by atoms with Crippen LogP contribution in [-0.4, -0.2) is 33.8 Å². The lowest BCUT2D eigenvalue weighted by Gasteiger charge is -2.17. The van der Waals surface area contributed by atoms with Crippen LogP contribution in [0.3, 0.4) is 0 Å². The number of rotatable bonds is 6. The van der Waals surface area contributed by atoms with E-state index in [-0.39, 0.29) is 18.4 Å². The van der Waals surface area contributed by atoms with Gasteiger partial charge in [-0.2, -0.15) is 0 Å². The van der Waals surface area contributed by atoms with E-state index in [9.17, 15) is 4.79 Å². The molecule has 0 heterocycles. The van der Waals surface area contributed by atoms with Crippen molar-refractivity contribution in [3.8, 4) is 17.2 Å². The third kappa shape index (κ3) is 3.51. The summed E-state index contributed by atoms with van der Waals surface area (Å²) >= 11 is 0. The Morgan fingerprint density at radius 2 is 1.74 bits per heavy atom. The van der Waals surface area contributed by atoms with E-state index in [4.69, 9.17) is 19.9 Å². The van der Waals surface area contributed by atoms with Crippen molar-refractivity contribution >= 4 is 11.6 Å². The van der Waals surface area contributed by atoms with Gasteiger partial charge in [-0.25, -0.2) is 0 Å². The van der Waals surface area contributed by atoms with Crippen molar-refractivity contribution in [3.63, 3.8) is 0 Å². The van der Waals surface area contributed by atoms with E-state index in [2.05, 4.69) is 5.32 Å². The molecule has 0 aliphatic rings. The Kier molecular flexibility index (Phi) is 5.44. The Morgan fingerprint density at radius 3 is 2.11 bits per heavy atom. The molecule has 0 spiro atoms. The van der Waals surface area contributed by atoms with E-state index in [1.165, 1.54) is 14.2 Å². The zero-order valence-corrected chi connectivity index (χ0v) is 11.6. The van der Waals surface area contributed by atoms with Crippen LogP contribution < -0.4 is 25.3 Å². The number of hydrogen-bond acceptors (Lipinski definition) is 5. The standard InChI is InChI=1S/C13H20N2O4/c1-8(7-14)13(16)15-12-10(18-3)5-9(17-2)6-11(12)19-4/h5-6,8H,7,14H2,1-4H3,(H,15,16). The summed E-state index contributed by atoms with van der Waals surface area (Å²) in [5, 5.41) is 2.76. The average molecular weight is 268 g/mol. The van der Waals surface area contributed by atoms with E-state index < -0.39 is 0 Å². The molecule has 1 unspecified atom stereocenters. The normalized spacial score (nSPS) is 11.6. The van der Waals surface area contributed by atoms with Crippen molar-refractivity contribution in [1.82, 2.24) is 0 Å². The van der Waals surface area contributed by atoms with Gasteiger partial charge in [0.15, 0.2) is 0 Å². The topological polar surface area (TPSA) is 82.8 Å². The highest BCUT2D eigenvalue weighted by atomic mass is 16.5. The van der Waals surface area contributed by atoms with Gasteiger partial charge < -0.3 is 25.3 Å². The maximum Gasteiger partial charge on any atom is 0.228 e. The highest BCUT2D eigenvalue weighted by Gasteiger charge is 2.18. The van der Waals surface area contributed by atoms with Crippen LogP contribution in [-0.2, 0) is 4.79 Å². The van der Waals surface area contributed by atoms with Gasteiger partial charge >= 0.3 is 0 Å². The quantitative estimate of drug-likeness (QED) is 0.811. The largest absolute Gasteiger partial charge is 0.496 e. The Morgan fingerprint density at radius 1 is 1.21 bits per heavy atom. The fraction of sp³-hybridized carbons (Fsp3) is 0.462. The predicted molar refractivity (Wildman–Crippen MR) is 72.9 cm³/mol. The fourth-order valence-electron chi connectivity index (χ4n) is 1.48. The van der Waals surface area contributed by atoms with Crippen LogP contribution >= 0.6 is 0 Å². The van der Waals surface area contributed by atoms with Gasteiger partial charge in [0.05, 0.1) is 21.3 Å². The van der Waals surface area contributed by atoms with Crippen molar-refractivity contribution in [2.24, 2.45) is 11.7 Å². The van der Waals surface area contributed by atoms with Gasteiger partial charge in [0.1, 0.15) is 22.9 Å². The summed E-state index contributed by atoms with van der Waals surface area (Å²) in [5.74, 6) is 1.03. The lowest BCUT2D eigenvalue weighted by atomic mass is 10.1. The zero-order valence-electron chi connectivity index (χ0n) is 11.6. The molecule has 6 nitrogen and oxygen atoms in total. The maximum absolute atomic E-state index is 11.9. The third-order valence-electron chi connectivity index (χ3n) is 2.76. The summed E-state index contributed by atoms with van der Waals surface area (Å²) < 4.78 is 15.6. The lowest BCUT2D eigenvalue weighted by Crippen LogP contribution is -2.27. The molecule has 1 amide bonds. The van der Waals surface area contributed by atoms with Crippen LogP contribution in [0.15, 0.2) is 12.1 Å². The number of ether oxygens (including phenoxy) is 3. The summed E-state index contributed by atoms with van der Waals surface area (Å²) in [7, 11) is 4.56. The molecule has 1 rings (SSSR count). The Balaban J connectivity index is 3.13. The van der Waals surface area contributed by atoms with Crippen LogP contribution in [0, 0.1) is 5.92 Å². The van der Waals surface area contributed by atoms with Gasteiger partial charge in [-0.1, -0.05) is 6.92 Å². The van der Waals surface area contributed by atoms with Crippen molar-refractivity contribution in [2.75, 3.05) is 33.2 Å². The minimum absolute atomic E-state index is 0.190. The van der Waals surface area contributed by atoms with Crippen molar-refractivity contribution < 1.29 is 19.0 Å². The first-order valence-electron chi connectivity index (χ1n) is 5.88. The SMILES string of the molecule is COc1cc(OC)c(NC(=O)C(C)CN)c(OC)c1. The number of amides is 1. The molecular formula is C13H20N2O4. The smallest absolute Gasteiger partial charge is 0.228 e. The van der Waals surface area contributed by atoms with Gasteiger partial charge in [0, 0.05) is 24.6 Å². The van der Waals surface area contributed by atoms with E-state index in [0.29, 0.717) is 22.9 Å². The number of nitrogens with one attached hydrogen (secondary N) is 1. The second-order valence-corrected chi connectivity index (χ2v) is 4.03. The summed E-state index contributed by atoms with van der Waals surface area (Å²) in [6, 6.07) is 3.34. The van der Waals surface area contributed by atoms with Gasteiger partial charge in [0.25, 0.3) is 0 Å². The van der Waals surface area contributed by atoms with Crippen LogP contribution in [0.1, 0.15) is 6.92 Å². The van der Waals surface area contributed by atoms with E-state index >= 15 is 0 Å². The molecule has 0 fully saturated rings. The zero-order chi connectivity index (χ0) is 14.4. The van der Waals surface area contributed by atoms with Gasteiger partial charge in [-0.15, -0.1) is 0 Å². The molecule has 1 aromatic rings. The Bertz CT molecular complexity index is 423. The molecule has 0 aromatic heterocycles. The van der Waals surface area contributed by atoms with E-state index in [1.54, 1.807) is 26.2 Å². The van der Waals surface area contributed by atoms with Crippen LogP contribution in [0.5, 0.6) is 17.2 Å². The number of anilines is 1. The van der Waals surface area contributed by atoms with Gasteiger partial charge in [0.2, 0.25) is 5.91 Å². The van der Waals surface area contributed by atoms with Crippen LogP contribution in [0.2, 0.25) is 0 Å². The maximum atomic E-state index is 11.9.